The average Bonchev–Trinajstić information content (AvgIpc) is 3.22. The summed E-state index contributed by atoms with van der Waals surface area (Å²) in [7, 11) is 1.66. The molecule has 0 saturated heterocycles. The number of carboxylic acids is 2. The molecule has 0 aromatic heterocycles. The van der Waals surface area contributed by atoms with Crippen molar-refractivity contribution in [3.63, 3.8) is 0 Å². The summed E-state index contributed by atoms with van der Waals surface area (Å²) in [5, 5.41) is 18.3. The summed E-state index contributed by atoms with van der Waals surface area (Å²) < 4.78 is 16.7. The van der Waals surface area contributed by atoms with Crippen molar-refractivity contribution in [1.29, 1.82) is 0 Å². The first-order valence-corrected chi connectivity index (χ1v) is 9.68. The summed E-state index contributed by atoms with van der Waals surface area (Å²) in [5.41, 5.74) is 1.10. The number of rotatable bonds is 10. The molecule has 8 nitrogen and oxygen atoms in total. The first-order valence-electron chi connectivity index (χ1n) is 9.68. The molecule has 3 N–H and O–H groups in total. The van der Waals surface area contributed by atoms with E-state index >= 15 is 0 Å². The molecule has 1 aliphatic rings. The molecule has 0 spiro atoms. The Morgan fingerprint density at radius 3 is 2.38 bits per heavy atom. The SMILES string of the molecule is C/C=C/c1ccc(OCCOCCNC2CCCC2)c(OC)c1.O=C(O)C(=O)O. The largest absolute Gasteiger partial charge is 0.493 e. The molecule has 0 aliphatic heterocycles. The zero-order valence-electron chi connectivity index (χ0n) is 17.1. The normalized spacial score (nSPS) is 13.7. The molecule has 29 heavy (non-hydrogen) atoms. The van der Waals surface area contributed by atoms with Crippen molar-refractivity contribution in [2.45, 2.75) is 38.6 Å². The number of methoxy groups -OCH3 is 1. The summed E-state index contributed by atoms with van der Waals surface area (Å²) in [6, 6.07) is 6.64. The van der Waals surface area contributed by atoms with Gasteiger partial charge in [-0.25, -0.2) is 9.59 Å². The van der Waals surface area contributed by atoms with Gasteiger partial charge in [-0.1, -0.05) is 31.1 Å². The third-order valence-corrected chi connectivity index (χ3v) is 4.25. The Bertz CT molecular complexity index is 642. The summed E-state index contributed by atoms with van der Waals surface area (Å²) in [5.74, 6) is -2.14. The lowest BCUT2D eigenvalue weighted by Crippen LogP contribution is -2.29. The zero-order valence-corrected chi connectivity index (χ0v) is 17.1. The quantitative estimate of drug-likeness (QED) is 0.399. The van der Waals surface area contributed by atoms with Crippen molar-refractivity contribution >= 4 is 18.0 Å². The molecule has 1 aromatic carbocycles. The molecule has 1 aromatic rings. The Kier molecular flexibility index (Phi) is 12.2. The first kappa shape index (κ1) is 24.5. The van der Waals surface area contributed by atoms with E-state index in [1.54, 1.807) is 7.11 Å². The first-order chi connectivity index (χ1) is 14.0. The highest BCUT2D eigenvalue weighted by Crippen LogP contribution is 2.28. The Balaban J connectivity index is 0.000000612. The van der Waals surface area contributed by atoms with Gasteiger partial charge in [0.15, 0.2) is 11.5 Å². The van der Waals surface area contributed by atoms with Gasteiger partial charge in [0.25, 0.3) is 0 Å². The third-order valence-electron chi connectivity index (χ3n) is 4.25. The fourth-order valence-corrected chi connectivity index (χ4v) is 2.88. The molecule has 0 atom stereocenters. The predicted octanol–water partition coefficient (Wildman–Crippen LogP) is 2.81. The lowest BCUT2D eigenvalue weighted by atomic mass is 10.2. The van der Waals surface area contributed by atoms with Gasteiger partial charge in [-0.05, 0) is 37.5 Å². The molecule has 0 heterocycles. The number of ether oxygens (including phenoxy) is 3. The molecular formula is C21H31NO7. The summed E-state index contributed by atoms with van der Waals surface area (Å²) in [4.78, 5) is 18.2. The summed E-state index contributed by atoms with van der Waals surface area (Å²) in [6.45, 7) is 4.77. The lowest BCUT2D eigenvalue weighted by Gasteiger charge is -2.13. The molecule has 8 heteroatoms. The minimum Gasteiger partial charge on any atom is -0.493 e. The second-order valence-electron chi connectivity index (χ2n) is 6.42. The molecule has 0 unspecified atom stereocenters. The van der Waals surface area contributed by atoms with Crippen molar-refractivity contribution in [3.8, 4) is 11.5 Å². The molecule has 162 valence electrons. The molecule has 1 saturated carbocycles. The van der Waals surface area contributed by atoms with Crippen molar-refractivity contribution in [2.75, 3.05) is 33.5 Å². The minimum atomic E-state index is -1.82. The van der Waals surface area contributed by atoms with Crippen LogP contribution in [0.1, 0.15) is 38.2 Å². The maximum atomic E-state index is 9.10. The van der Waals surface area contributed by atoms with Gasteiger partial charge < -0.3 is 29.7 Å². The fourth-order valence-electron chi connectivity index (χ4n) is 2.88. The number of carboxylic acid groups (broad SMARTS) is 2. The molecule has 1 fully saturated rings. The molecule has 0 bridgehead atoms. The number of allylic oxidation sites excluding steroid dienone is 1. The number of hydrogen-bond donors (Lipinski definition) is 3. The fraction of sp³-hybridized carbons (Fsp3) is 0.524. The summed E-state index contributed by atoms with van der Waals surface area (Å²) >= 11 is 0. The molecule has 2 rings (SSSR count). The van der Waals surface area contributed by atoms with E-state index in [1.807, 2.05) is 37.3 Å². The van der Waals surface area contributed by atoms with Crippen LogP contribution in [-0.2, 0) is 14.3 Å². The minimum absolute atomic E-state index is 0.531. The van der Waals surface area contributed by atoms with Crippen LogP contribution in [0.15, 0.2) is 24.3 Å². The molecule has 0 amide bonds. The zero-order chi connectivity index (χ0) is 21.5. The average molecular weight is 409 g/mol. The van der Waals surface area contributed by atoms with Crippen LogP contribution in [0.5, 0.6) is 11.5 Å². The van der Waals surface area contributed by atoms with Crippen LogP contribution < -0.4 is 14.8 Å². The van der Waals surface area contributed by atoms with Crippen molar-refractivity contribution < 1.29 is 34.0 Å². The highest BCUT2D eigenvalue weighted by Gasteiger charge is 2.13. The van der Waals surface area contributed by atoms with E-state index in [9.17, 15) is 0 Å². The molecular weight excluding hydrogens is 378 g/mol. The van der Waals surface area contributed by atoms with Crippen molar-refractivity contribution in [2.24, 2.45) is 0 Å². The van der Waals surface area contributed by atoms with Gasteiger partial charge in [-0.2, -0.15) is 0 Å². The monoisotopic (exact) mass is 409 g/mol. The van der Waals surface area contributed by atoms with Gasteiger partial charge >= 0.3 is 11.9 Å². The van der Waals surface area contributed by atoms with Crippen LogP contribution >= 0.6 is 0 Å². The van der Waals surface area contributed by atoms with Gasteiger partial charge in [0.05, 0.1) is 20.3 Å². The van der Waals surface area contributed by atoms with Crippen LogP contribution in [0.2, 0.25) is 0 Å². The van der Waals surface area contributed by atoms with Gasteiger partial charge in [0.1, 0.15) is 6.61 Å². The summed E-state index contributed by atoms with van der Waals surface area (Å²) in [6.07, 6.45) is 9.38. The number of hydrogen-bond acceptors (Lipinski definition) is 6. The Labute approximate surface area is 171 Å². The standard InChI is InChI=1S/C19H29NO3.C2H2O4/c1-3-6-16-9-10-18(19(15-16)21-2)23-14-13-22-12-11-20-17-7-4-5-8-17;3-1(4)2(5)6/h3,6,9-10,15,17,20H,4-5,7-8,11-14H2,1-2H3;(H,3,4)(H,5,6)/b6-3+;. The van der Waals surface area contributed by atoms with E-state index in [0.29, 0.717) is 19.3 Å². The van der Waals surface area contributed by atoms with E-state index in [4.69, 9.17) is 34.0 Å². The number of carbonyl (C=O) groups is 2. The van der Waals surface area contributed by atoms with Crippen LogP contribution in [-0.4, -0.2) is 61.7 Å². The number of aliphatic carboxylic acids is 2. The van der Waals surface area contributed by atoms with Crippen molar-refractivity contribution in [3.05, 3.63) is 29.8 Å². The van der Waals surface area contributed by atoms with E-state index in [1.165, 1.54) is 25.7 Å². The van der Waals surface area contributed by atoms with Crippen LogP contribution in [0, 0.1) is 0 Å². The Morgan fingerprint density at radius 1 is 1.10 bits per heavy atom. The number of nitrogens with one attached hydrogen (secondary N) is 1. The second-order valence-corrected chi connectivity index (χ2v) is 6.42. The lowest BCUT2D eigenvalue weighted by molar-refractivity contribution is -0.159. The Hall–Kier alpha value is -2.58. The highest BCUT2D eigenvalue weighted by atomic mass is 16.5. The molecule has 1 aliphatic carbocycles. The third kappa shape index (κ3) is 10.5. The van der Waals surface area contributed by atoms with Crippen LogP contribution in [0.4, 0.5) is 0 Å². The van der Waals surface area contributed by atoms with E-state index < -0.39 is 11.9 Å². The van der Waals surface area contributed by atoms with Gasteiger partial charge in [0.2, 0.25) is 0 Å². The van der Waals surface area contributed by atoms with E-state index in [0.717, 1.165) is 30.2 Å². The topological polar surface area (TPSA) is 114 Å². The van der Waals surface area contributed by atoms with Gasteiger partial charge in [-0.15, -0.1) is 0 Å². The van der Waals surface area contributed by atoms with Crippen LogP contribution in [0.25, 0.3) is 6.08 Å². The maximum absolute atomic E-state index is 9.10. The van der Waals surface area contributed by atoms with Gasteiger partial charge in [0, 0.05) is 12.6 Å². The predicted molar refractivity (Wildman–Crippen MR) is 110 cm³/mol. The second kappa shape index (κ2) is 14.4. The molecule has 0 radical (unpaired) electrons. The van der Waals surface area contributed by atoms with Crippen molar-refractivity contribution in [1.82, 2.24) is 5.32 Å². The Morgan fingerprint density at radius 2 is 1.79 bits per heavy atom. The van der Waals surface area contributed by atoms with Crippen LogP contribution in [0.3, 0.4) is 0 Å². The van der Waals surface area contributed by atoms with Gasteiger partial charge in [-0.3, -0.25) is 0 Å². The maximum Gasteiger partial charge on any atom is 0.414 e. The van der Waals surface area contributed by atoms with E-state index in [-0.39, 0.29) is 0 Å². The highest BCUT2D eigenvalue weighted by molar-refractivity contribution is 6.27. The smallest absolute Gasteiger partial charge is 0.414 e. The van der Waals surface area contributed by atoms with E-state index in [2.05, 4.69) is 5.32 Å². The number of benzene rings is 1.